The predicted molar refractivity (Wildman–Crippen MR) is 357 cm³/mol. The number of nitrogens with zero attached hydrogens (tertiary/aromatic N) is 2. The molecule has 16 rings (SSSR count). The van der Waals surface area contributed by atoms with Crippen molar-refractivity contribution in [2.45, 2.75) is 18.4 Å². The minimum atomic E-state index is -4.76. The Morgan fingerprint density at radius 2 is 0.744 bits per heavy atom. The first-order chi connectivity index (χ1) is 43.9. The Labute approximate surface area is 516 Å². The maximum Gasteiger partial charge on any atom is 0.418 e. The molecule has 0 aliphatic heterocycles. The molecule has 0 fully saturated rings. The molecule has 0 bridgehead atoms. The van der Waals surface area contributed by atoms with Crippen LogP contribution in [0.2, 0.25) is 0 Å². The van der Waals surface area contributed by atoms with E-state index in [9.17, 15) is 0 Å². The van der Waals surface area contributed by atoms with Gasteiger partial charge in [-0.05, 0) is 183 Å². The van der Waals surface area contributed by atoms with E-state index in [1.165, 1.54) is 18.2 Å². The van der Waals surface area contributed by atoms with Gasteiger partial charge in [0.25, 0.3) is 0 Å². The van der Waals surface area contributed by atoms with Crippen molar-refractivity contribution in [3.05, 3.63) is 348 Å². The Morgan fingerprint density at radius 1 is 0.322 bits per heavy atom. The minimum absolute atomic E-state index is 0.0329. The average Bonchev–Trinajstić information content (AvgIpc) is 0.732. The third-order valence-corrected chi connectivity index (χ3v) is 18.2. The zero-order valence-corrected chi connectivity index (χ0v) is 48.2. The van der Waals surface area contributed by atoms with Crippen LogP contribution in [0.4, 0.5) is 49.1 Å². The Kier molecular flexibility index (Phi) is 13.0. The van der Waals surface area contributed by atoms with Crippen molar-refractivity contribution in [1.82, 2.24) is 0 Å². The molecule has 12 aromatic rings. The first-order valence-corrected chi connectivity index (χ1v) is 30.0. The number of benzene rings is 12. The molecule has 2 nitrogen and oxygen atoms in total. The minimum Gasteiger partial charge on any atom is -0.329 e. The Bertz CT molecular complexity index is 5200. The van der Waals surface area contributed by atoms with Gasteiger partial charge in [0.2, 0.25) is 0 Å². The van der Waals surface area contributed by atoms with Crippen molar-refractivity contribution in [3.63, 3.8) is 0 Å². The van der Waals surface area contributed by atoms with Crippen molar-refractivity contribution in [2.24, 2.45) is 5.92 Å². The van der Waals surface area contributed by atoms with Gasteiger partial charge in [0.15, 0.2) is 0 Å². The zero-order chi connectivity index (χ0) is 60.8. The second kappa shape index (κ2) is 21.4. The highest BCUT2D eigenvalue weighted by molar-refractivity contribution is 5.98. The lowest BCUT2D eigenvalue weighted by molar-refractivity contribution is -0.137. The zero-order valence-electron chi connectivity index (χ0n) is 48.2. The van der Waals surface area contributed by atoms with E-state index >= 15 is 26.3 Å². The van der Waals surface area contributed by atoms with E-state index in [4.69, 9.17) is 0 Å². The fourth-order valence-corrected chi connectivity index (χ4v) is 13.9. The summed E-state index contributed by atoms with van der Waals surface area (Å²) in [6, 6.07) is 80.1. The number of alkyl halides is 6. The number of fused-ring (bicyclic) bond motifs is 4. The molecule has 8 heteroatoms. The van der Waals surface area contributed by atoms with Crippen LogP contribution in [-0.4, -0.2) is 6.04 Å². The molecular formula is C82H52F6N2. The van der Waals surface area contributed by atoms with Crippen LogP contribution in [0, 0.1) is 5.92 Å². The summed E-state index contributed by atoms with van der Waals surface area (Å²) in [5.74, 6) is -0.533. The highest BCUT2D eigenvalue weighted by Gasteiger charge is 2.44. The van der Waals surface area contributed by atoms with E-state index in [1.54, 1.807) is 23.1 Å². The van der Waals surface area contributed by atoms with Crippen LogP contribution in [0.3, 0.4) is 0 Å². The van der Waals surface area contributed by atoms with Gasteiger partial charge in [-0.15, -0.1) is 0 Å². The molecule has 2 unspecified atom stereocenters. The lowest BCUT2D eigenvalue weighted by atomic mass is 9.67. The molecule has 0 N–H and O–H groups in total. The summed E-state index contributed by atoms with van der Waals surface area (Å²) in [7, 11) is 0. The van der Waals surface area contributed by atoms with Crippen molar-refractivity contribution < 1.29 is 26.3 Å². The second-order valence-corrected chi connectivity index (χ2v) is 23.3. The van der Waals surface area contributed by atoms with E-state index in [1.807, 2.05) is 169 Å². The fraction of sp³-hybridized carbons (Fsp3) is 0.0488. The number of anilines is 4. The maximum atomic E-state index is 15.9. The Morgan fingerprint density at radius 3 is 1.28 bits per heavy atom. The van der Waals surface area contributed by atoms with Crippen molar-refractivity contribution >= 4 is 65.8 Å². The molecule has 0 saturated heterocycles. The molecule has 0 heterocycles. The summed E-state index contributed by atoms with van der Waals surface area (Å²) in [5.41, 5.74) is 10.8. The summed E-state index contributed by atoms with van der Waals surface area (Å²) in [6.07, 6.45) is 6.41. The van der Waals surface area contributed by atoms with Crippen molar-refractivity contribution in [3.8, 4) is 44.5 Å². The number of rotatable bonds is 10. The first kappa shape index (κ1) is 54.4. The quantitative estimate of drug-likeness (QED) is 0.126. The molecule has 0 aromatic heterocycles. The molecule has 2 atom stereocenters. The van der Waals surface area contributed by atoms with Gasteiger partial charge < -0.3 is 9.80 Å². The molecule has 4 aliphatic carbocycles. The standard InChI is InChI=1S/C82H52F6N2/c83-81(84,85)71-21-9-11-23-77(71)89(75-43-37-63(61-29-25-51-13-1-5-17-57(51)45-61)49-69(75)65-31-27-53-15-3-7-19-59(53)47-65)73-41-35-55-34-40-68-74(42-36-56-33-39-67(73)79(55)80(56)68)90(78-24-12-10-22-72(78)82(86,87)88)76-44-38-64(62-30-26-52-14-2-6-18-58(52)46-62)50-70(76)66-32-28-54-16-4-8-20-60(54)48-66/h1-50,73,80H. The average molecular weight is 1180 g/mol. The third-order valence-electron chi connectivity index (χ3n) is 18.2. The summed E-state index contributed by atoms with van der Waals surface area (Å²) in [5, 5.41) is 8.29. The van der Waals surface area contributed by atoms with Crippen LogP contribution in [0.1, 0.15) is 11.1 Å². The van der Waals surface area contributed by atoms with Gasteiger partial charge in [0, 0.05) is 22.7 Å². The number of hydrogen-bond acceptors (Lipinski definition) is 2. The summed E-state index contributed by atoms with van der Waals surface area (Å²) < 4.78 is 95.2. The van der Waals surface area contributed by atoms with Gasteiger partial charge >= 0.3 is 12.4 Å². The lowest BCUT2D eigenvalue weighted by Gasteiger charge is -2.44. The number of para-hydroxylation sites is 2. The Hall–Kier alpha value is -11.0. The van der Waals surface area contributed by atoms with E-state index in [0.29, 0.717) is 22.6 Å². The van der Waals surface area contributed by atoms with Gasteiger partial charge in [-0.1, -0.05) is 225 Å². The van der Waals surface area contributed by atoms with Crippen LogP contribution in [0.15, 0.2) is 337 Å². The molecule has 0 saturated carbocycles. The molecule has 12 aromatic carbocycles. The second-order valence-electron chi connectivity index (χ2n) is 23.3. The number of allylic oxidation sites excluding steroid dienone is 10. The van der Waals surface area contributed by atoms with Gasteiger partial charge in [-0.2, -0.15) is 26.3 Å². The monoisotopic (exact) mass is 1180 g/mol. The predicted octanol–water partition coefficient (Wildman–Crippen LogP) is 23.1. The van der Waals surface area contributed by atoms with Crippen LogP contribution < -0.4 is 9.80 Å². The third kappa shape index (κ3) is 9.46. The van der Waals surface area contributed by atoms with Crippen LogP contribution in [0.5, 0.6) is 0 Å². The fourth-order valence-electron chi connectivity index (χ4n) is 13.9. The van der Waals surface area contributed by atoms with Gasteiger partial charge in [-0.25, -0.2) is 0 Å². The summed E-state index contributed by atoms with van der Waals surface area (Å²) in [6.45, 7) is 0. The normalized spacial score (nSPS) is 16.0. The number of hydrogen-bond donors (Lipinski definition) is 0. The number of halogens is 6. The molecule has 0 radical (unpaired) electrons. The molecule has 0 amide bonds. The van der Waals surface area contributed by atoms with Crippen LogP contribution >= 0.6 is 0 Å². The van der Waals surface area contributed by atoms with Crippen LogP contribution in [0.25, 0.3) is 87.6 Å². The van der Waals surface area contributed by atoms with Crippen LogP contribution in [-0.2, 0) is 12.4 Å². The molecule has 4 aliphatic rings. The lowest BCUT2D eigenvalue weighted by Crippen LogP contribution is -2.38. The SMILES string of the molecule is FC(F)(F)c1ccccc1N(C1=C2C=CC3=C4C(=CC=C(C=C1)C24)C(N(c1ccc(-c2ccc4ccccc4c2)cc1-c1ccc2ccccc2c1)c1ccccc1C(F)(F)F)C=C3)c1ccc(-c2ccc3ccccc3c2)cc1-c1ccc2ccccc2c1. The van der Waals surface area contributed by atoms with E-state index in [-0.39, 0.29) is 11.4 Å². The van der Waals surface area contributed by atoms with E-state index in [2.05, 4.69) is 91.0 Å². The van der Waals surface area contributed by atoms with Crippen molar-refractivity contribution in [1.29, 1.82) is 0 Å². The van der Waals surface area contributed by atoms with Gasteiger partial charge in [-0.3, -0.25) is 0 Å². The topological polar surface area (TPSA) is 6.48 Å². The molecule has 0 spiro atoms. The maximum absolute atomic E-state index is 15.9. The largest absolute Gasteiger partial charge is 0.418 e. The highest BCUT2D eigenvalue weighted by Crippen LogP contribution is 2.55. The summed E-state index contributed by atoms with van der Waals surface area (Å²) >= 11 is 0. The van der Waals surface area contributed by atoms with E-state index in [0.717, 1.165) is 122 Å². The first-order valence-electron chi connectivity index (χ1n) is 30.0. The van der Waals surface area contributed by atoms with Crippen molar-refractivity contribution in [2.75, 3.05) is 9.80 Å². The molecule has 432 valence electrons. The summed E-state index contributed by atoms with van der Waals surface area (Å²) in [4.78, 5) is 3.60. The van der Waals surface area contributed by atoms with Gasteiger partial charge in [0.1, 0.15) is 0 Å². The highest BCUT2D eigenvalue weighted by atomic mass is 19.4. The Balaban J connectivity index is 0.889. The smallest absolute Gasteiger partial charge is 0.329 e. The van der Waals surface area contributed by atoms with E-state index < -0.39 is 35.4 Å². The molecular weight excluding hydrogens is 1130 g/mol. The van der Waals surface area contributed by atoms with Gasteiger partial charge in [0.05, 0.1) is 39.9 Å². The molecule has 90 heavy (non-hydrogen) atoms.